The number of nitrogens with zero attached hydrogens (tertiary/aromatic N) is 2. The van der Waals surface area contributed by atoms with Gasteiger partial charge in [-0.15, -0.1) is 0 Å². The second-order valence-corrected chi connectivity index (χ2v) is 7.73. The van der Waals surface area contributed by atoms with Gasteiger partial charge < -0.3 is 29.7 Å². The van der Waals surface area contributed by atoms with Crippen LogP contribution in [0.2, 0.25) is 0 Å². The van der Waals surface area contributed by atoms with Crippen molar-refractivity contribution in [2.75, 3.05) is 58.5 Å². The minimum Gasteiger partial charge on any atom is -0.497 e. The Kier molecular flexibility index (Phi) is 9.91. The highest BCUT2D eigenvalue weighted by atomic mass is 16.5. The van der Waals surface area contributed by atoms with Crippen LogP contribution in [0, 0.1) is 5.92 Å². The monoisotopic (exact) mass is 406 g/mol. The molecule has 1 aliphatic heterocycles. The fourth-order valence-corrected chi connectivity index (χ4v) is 3.28. The van der Waals surface area contributed by atoms with Crippen molar-refractivity contribution in [2.24, 2.45) is 10.9 Å². The SMILES string of the molecule is CCNC(=NCCCOCC(C)C)NC1CCN(c2cc(OC)cc(OC)c2)C1. The minimum absolute atomic E-state index is 0.349. The average molecular weight is 407 g/mol. The molecule has 164 valence electrons. The van der Waals surface area contributed by atoms with E-state index < -0.39 is 0 Å². The normalized spacial score (nSPS) is 17.0. The molecule has 29 heavy (non-hydrogen) atoms. The number of guanidine groups is 1. The van der Waals surface area contributed by atoms with Crippen molar-refractivity contribution in [3.05, 3.63) is 18.2 Å². The Balaban J connectivity index is 1.86. The highest BCUT2D eigenvalue weighted by Crippen LogP contribution is 2.30. The molecule has 0 radical (unpaired) electrons. The van der Waals surface area contributed by atoms with Gasteiger partial charge in [0, 0.05) is 69.3 Å². The topological polar surface area (TPSA) is 67.4 Å². The Labute approximate surface area is 175 Å². The van der Waals surface area contributed by atoms with Crippen LogP contribution in [0.3, 0.4) is 0 Å². The molecule has 0 aliphatic carbocycles. The lowest BCUT2D eigenvalue weighted by Crippen LogP contribution is -2.44. The average Bonchev–Trinajstić information content (AvgIpc) is 3.18. The molecule has 1 aromatic carbocycles. The molecule has 1 atom stereocenters. The summed E-state index contributed by atoms with van der Waals surface area (Å²) in [7, 11) is 3.36. The van der Waals surface area contributed by atoms with E-state index in [1.54, 1.807) is 14.2 Å². The zero-order valence-electron chi connectivity index (χ0n) is 18.7. The van der Waals surface area contributed by atoms with Crippen LogP contribution in [0.15, 0.2) is 23.2 Å². The second-order valence-electron chi connectivity index (χ2n) is 7.73. The molecule has 1 saturated heterocycles. The van der Waals surface area contributed by atoms with Gasteiger partial charge in [-0.3, -0.25) is 4.99 Å². The summed E-state index contributed by atoms with van der Waals surface area (Å²) in [5.74, 6) is 3.08. The summed E-state index contributed by atoms with van der Waals surface area (Å²) in [5.41, 5.74) is 1.12. The highest BCUT2D eigenvalue weighted by molar-refractivity contribution is 5.80. The third-order valence-corrected chi connectivity index (χ3v) is 4.74. The zero-order chi connectivity index (χ0) is 21.1. The van der Waals surface area contributed by atoms with E-state index in [2.05, 4.69) is 48.4 Å². The summed E-state index contributed by atoms with van der Waals surface area (Å²) in [4.78, 5) is 7.06. The Morgan fingerprint density at radius 2 is 1.93 bits per heavy atom. The summed E-state index contributed by atoms with van der Waals surface area (Å²) in [5, 5.41) is 6.93. The van der Waals surface area contributed by atoms with Gasteiger partial charge >= 0.3 is 0 Å². The van der Waals surface area contributed by atoms with Crippen LogP contribution in [-0.2, 0) is 4.74 Å². The molecule has 0 bridgehead atoms. The van der Waals surface area contributed by atoms with Crippen molar-refractivity contribution >= 4 is 11.6 Å². The summed E-state index contributed by atoms with van der Waals surface area (Å²) < 4.78 is 16.4. The molecule has 1 heterocycles. The first-order valence-corrected chi connectivity index (χ1v) is 10.7. The van der Waals surface area contributed by atoms with Gasteiger partial charge in [-0.25, -0.2) is 0 Å². The molecule has 1 unspecified atom stereocenters. The molecular formula is C22H38N4O3. The van der Waals surface area contributed by atoms with Gasteiger partial charge in [0.15, 0.2) is 5.96 Å². The van der Waals surface area contributed by atoms with Crippen molar-refractivity contribution in [2.45, 2.75) is 39.7 Å². The summed E-state index contributed by atoms with van der Waals surface area (Å²) in [6.45, 7) is 11.5. The van der Waals surface area contributed by atoms with Crippen molar-refractivity contribution in [1.29, 1.82) is 0 Å². The van der Waals surface area contributed by atoms with Crippen molar-refractivity contribution < 1.29 is 14.2 Å². The van der Waals surface area contributed by atoms with Gasteiger partial charge in [-0.1, -0.05) is 13.8 Å². The number of aliphatic imine (C=N–C) groups is 1. The van der Waals surface area contributed by atoms with Crippen LogP contribution >= 0.6 is 0 Å². The van der Waals surface area contributed by atoms with Crippen LogP contribution in [-0.4, -0.2) is 65.6 Å². The van der Waals surface area contributed by atoms with Gasteiger partial charge in [0.25, 0.3) is 0 Å². The number of nitrogens with one attached hydrogen (secondary N) is 2. The Morgan fingerprint density at radius 3 is 2.55 bits per heavy atom. The van der Waals surface area contributed by atoms with Crippen LogP contribution in [0.1, 0.15) is 33.6 Å². The third-order valence-electron chi connectivity index (χ3n) is 4.74. The highest BCUT2D eigenvalue weighted by Gasteiger charge is 2.24. The molecule has 0 spiro atoms. The number of hydrogen-bond acceptors (Lipinski definition) is 5. The maximum atomic E-state index is 5.63. The number of benzene rings is 1. The van der Waals surface area contributed by atoms with Gasteiger partial charge in [-0.05, 0) is 25.7 Å². The van der Waals surface area contributed by atoms with E-state index in [1.165, 1.54) is 0 Å². The first-order valence-electron chi connectivity index (χ1n) is 10.7. The van der Waals surface area contributed by atoms with Gasteiger partial charge in [-0.2, -0.15) is 0 Å². The number of ether oxygens (including phenoxy) is 3. The smallest absolute Gasteiger partial charge is 0.191 e. The predicted octanol–water partition coefficient (Wildman–Crippen LogP) is 2.90. The van der Waals surface area contributed by atoms with Crippen LogP contribution < -0.4 is 25.0 Å². The molecule has 7 nitrogen and oxygen atoms in total. The summed E-state index contributed by atoms with van der Waals surface area (Å²) >= 11 is 0. The molecule has 1 aliphatic rings. The molecule has 0 aromatic heterocycles. The first-order chi connectivity index (χ1) is 14.0. The van der Waals surface area contributed by atoms with E-state index in [0.717, 1.165) is 75.4 Å². The van der Waals surface area contributed by atoms with Gasteiger partial charge in [0.2, 0.25) is 0 Å². The lowest BCUT2D eigenvalue weighted by Gasteiger charge is -2.21. The Bertz CT molecular complexity index is 614. The molecule has 2 N–H and O–H groups in total. The maximum Gasteiger partial charge on any atom is 0.191 e. The zero-order valence-corrected chi connectivity index (χ0v) is 18.7. The van der Waals surface area contributed by atoms with E-state index in [-0.39, 0.29) is 0 Å². The number of rotatable bonds is 11. The largest absolute Gasteiger partial charge is 0.497 e. The molecular weight excluding hydrogens is 368 g/mol. The van der Waals surface area contributed by atoms with E-state index in [4.69, 9.17) is 19.2 Å². The number of anilines is 1. The molecule has 2 rings (SSSR count). The van der Waals surface area contributed by atoms with E-state index in [0.29, 0.717) is 12.0 Å². The van der Waals surface area contributed by atoms with Crippen molar-refractivity contribution in [3.8, 4) is 11.5 Å². The minimum atomic E-state index is 0.349. The fourth-order valence-electron chi connectivity index (χ4n) is 3.28. The van der Waals surface area contributed by atoms with Gasteiger partial charge in [0.1, 0.15) is 11.5 Å². The molecule has 0 amide bonds. The molecule has 0 saturated carbocycles. The summed E-state index contributed by atoms with van der Waals surface area (Å²) in [6, 6.07) is 6.36. The molecule has 1 fully saturated rings. The lowest BCUT2D eigenvalue weighted by atomic mass is 10.2. The predicted molar refractivity (Wildman–Crippen MR) is 120 cm³/mol. The summed E-state index contributed by atoms with van der Waals surface area (Å²) in [6.07, 6.45) is 1.99. The maximum absolute atomic E-state index is 5.63. The van der Waals surface area contributed by atoms with E-state index in [1.807, 2.05) is 6.07 Å². The van der Waals surface area contributed by atoms with Crippen molar-refractivity contribution in [3.63, 3.8) is 0 Å². The molecule has 1 aromatic rings. The lowest BCUT2D eigenvalue weighted by molar-refractivity contribution is 0.109. The first kappa shape index (κ1) is 23.1. The van der Waals surface area contributed by atoms with Crippen LogP contribution in [0.25, 0.3) is 0 Å². The van der Waals surface area contributed by atoms with E-state index >= 15 is 0 Å². The van der Waals surface area contributed by atoms with Crippen molar-refractivity contribution in [1.82, 2.24) is 10.6 Å². The molecule has 7 heteroatoms. The quantitative estimate of drug-likeness (QED) is 0.335. The van der Waals surface area contributed by atoms with Crippen LogP contribution in [0.4, 0.5) is 5.69 Å². The van der Waals surface area contributed by atoms with Crippen LogP contribution in [0.5, 0.6) is 11.5 Å². The third kappa shape index (κ3) is 8.01. The fraction of sp³-hybridized carbons (Fsp3) is 0.682. The Morgan fingerprint density at radius 1 is 1.21 bits per heavy atom. The van der Waals surface area contributed by atoms with E-state index in [9.17, 15) is 0 Å². The second kappa shape index (κ2) is 12.4. The number of methoxy groups -OCH3 is 2. The standard InChI is InChI=1S/C22H38N4O3/c1-6-23-22(24-9-7-11-29-16-17(2)3)25-18-8-10-26(15-18)19-12-20(27-4)14-21(13-19)28-5/h12-14,17-18H,6-11,15-16H2,1-5H3,(H2,23,24,25). The number of hydrogen-bond donors (Lipinski definition) is 2. The van der Waals surface area contributed by atoms with Gasteiger partial charge in [0.05, 0.1) is 14.2 Å². The Hall–Kier alpha value is -2.15.